The number of carbonyl (C=O) groups excluding carboxylic acids is 1. The van der Waals surface area contributed by atoms with Crippen LogP contribution in [-0.2, 0) is 4.74 Å². The highest BCUT2D eigenvalue weighted by molar-refractivity contribution is 9.10. The number of H-pyrrole nitrogens is 1. The molecule has 0 unspecified atom stereocenters. The van der Waals surface area contributed by atoms with Gasteiger partial charge >= 0.3 is 0 Å². The summed E-state index contributed by atoms with van der Waals surface area (Å²) in [7, 11) is 0. The van der Waals surface area contributed by atoms with Gasteiger partial charge in [-0.3, -0.25) is 9.89 Å². The Bertz CT molecular complexity index is 545. The third kappa shape index (κ3) is 2.75. The topological polar surface area (TPSA) is 58.2 Å². The molecule has 3 fully saturated rings. The Balaban J connectivity index is 1.52. The molecule has 4 rings (SSSR count). The van der Waals surface area contributed by atoms with E-state index in [0.29, 0.717) is 23.6 Å². The molecule has 1 aromatic rings. The molecule has 2 saturated carbocycles. The molecule has 1 aliphatic heterocycles. The Morgan fingerprint density at radius 2 is 2.14 bits per heavy atom. The zero-order valence-electron chi connectivity index (χ0n) is 12.0. The first-order valence-electron chi connectivity index (χ1n) is 7.86. The molecule has 0 aromatic carbocycles. The van der Waals surface area contributed by atoms with Gasteiger partial charge < -0.3 is 9.64 Å². The second kappa shape index (κ2) is 5.39. The number of carbonyl (C=O) groups is 1. The fourth-order valence-corrected chi connectivity index (χ4v) is 3.72. The van der Waals surface area contributed by atoms with E-state index in [1.54, 1.807) is 0 Å². The van der Waals surface area contributed by atoms with Crippen LogP contribution in [0.4, 0.5) is 0 Å². The van der Waals surface area contributed by atoms with Crippen molar-refractivity contribution < 1.29 is 9.53 Å². The normalized spacial score (nSPS) is 25.3. The maximum absolute atomic E-state index is 12.9. The van der Waals surface area contributed by atoms with E-state index in [1.807, 2.05) is 4.90 Å². The van der Waals surface area contributed by atoms with Crippen molar-refractivity contribution in [2.45, 2.75) is 44.1 Å². The molecule has 0 bridgehead atoms. The van der Waals surface area contributed by atoms with Crippen molar-refractivity contribution in [2.75, 3.05) is 19.8 Å². The van der Waals surface area contributed by atoms with Crippen LogP contribution in [0.1, 0.15) is 54.2 Å². The first kappa shape index (κ1) is 13.8. The lowest BCUT2D eigenvalue weighted by Crippen LogP contribution is -2.37. The number of aromatic amines is 1. The minimum atomic E-state index is 0.0689. The van der Waals surface area contributed by atoms with Crippen LogP contribution in [0, 0.1) is 5.92 Å². The summed E-state index contributed by atoms with van der Waals surface area (Å²) >= 11 is 3.58. The van der Waals surface area contributed by atoms with Crippen molar-refractivity contribution in [3.63, 3.8) is 0 Å². The quantitative estimate of drug-likeness (QED) is 0.885. The van der Waals surface area contributed by atoms with E-state index in [4.69, 9.17) is 4.74 Å². The first-order chi connectivity index (χ1) is 10.2. The third-order valence-electron chi connectivity index (χ3n) is 4.65. The Kier molecular flexibility index (Phi) is 3.53. The lowest BCUT2D eigenvalue weighted by atomic mass is 10.1. The average Bonchev–Trinajstić information content (AvgIpc) is 3.41. The van der Waals surface area contributed by atoms with E-state index in [1.165, 1.54) is 12.8 Å². The van der Waals surface area contributed by atoms with Gasteiger partial charge in [0, 0.05) is 31.0 Å². The Hall–Kier alpha value is -0.880. The summed E-state index contributed by atoms with van der Waals surface area (Å²) < 4.78 is 6.32. The molecule has 1 N–H and O–H groups in total. The molecule has 5 nitrogen and oxygen atoms in total. The number of hydrogen-bond donors (Lipinski definition) is 1. The number of ether oxygens (including phenoxy) is 1. The minimum absolute atomic E-state index is 0.0689. The molecule has 3 aliphatic rings. The van der Waals surface area contributed by atoms with Gasteiger partial charge in [0.2, 0.25) is 0 Å². The number of rotatable bonds is 5. The smallest absolute Gasteiger partial charge is 0.275 e. The second-order valence-electron chi connectivity index (χ2n) is 6.49. The lowest BCUT2D eigenvalue weighted by Gasteiger charge is -2.24. The van der Waals surface area contributed by atoms with Crippen molar-refractivity contribution in [3.8, 4) is 0 Å². The van der Waals surface area contributed by atoms with Crippen LogP contribution in [0.15, 0.2) is 4.47 Å². The zero-order chi connectivity index (χ0) is 14.4. The van der Waals surface area contributed by atoms with E-state index in [0.717, 1.165) is 49.2 Å². The molecular formula is C15H20BrN3O2. The van der Waals surface area contributed by atoms with Crippen LogP contribution in [0.5, 0.6) is 0 Å². The molecule has 1 atom stereocenters. The van der Waals surface area contributed by atoms with Crippen LogP contribution in [-0.4, -0.2) is 46.8 Å². The molecule has 1 saturated heterocycles. The molecule has 2 aliphatic carbocycles. The molecule has 21 heavy (non-hydrogen) atoms. The summed E-state index contributed by atoms with van der Waals surface area (Å²) in [6.45, 7) is 2.42. The molecule has 6 heteroatoms. The fourth-order valence-electron chi connectivity index (χ4n) is 3.05. The van der Waals surface area contributed by atoms with Gasteiger partial charge in [0.1, 0.15) is 0 Å². The summed E-state index contributed by atoms with van der Waals surface area (Å²) in [5, 5.41) is 7.34. The van der Waals surface area contributed by atoms with Crippen molar-refractivity contribution in [1.82, 2.24) is 15.1 Å². The number of aromatic nitrogens is 2. The molecule has 0 spiro atoms. The van der Waals surface area contributed by atoms with Gasteiger partial charge in [-0.15, -0.1) is 0 Å². The van der Waals surface area contributed by atoms with Crippen LogP contribution in [0.25, 0.3) is 0 Å². The molecular weight excluding hydrogens is 334 g/mol. The number of hydrogen-bond acceptors (Lipinski definition) is 3. The van der Waals surface area contributed by atoms with Gasteiger partial charge in [-0.2, -0.15) is 5.10 Å². The third-order valence-corrected chi connectivity index (χ3v) is 5.45. The summed E-state index contributed by atoms with van der Waals surface area (Å²) in [5.41, 5.74) is 1.65. The van der Waals surface area contributed by atoms with Crippen LogP contribution in [0.3, 0.4) is 0 Å². The van der Waals surface area contributed by atoms with Crippen LogP contribution in [0.2, 0.25) is 0 Å². The predicted molar refractivity (Wildman–Crippen MR) is 81.2 cm³/mol. The standard InChI is InChI=1S/C15H20BrN3O2/c16-12-13(10-1-2-10)17-18-14(12)15(20)19(11-3-4-11)7-9-5-6-21-8-9/h9-11H,1-8H2,(H,17,18)/t9-/m0/s1. The highest BCUT2D eigenvalue weighted by Crippen LogP contribution is 2.43. The molecule has 0 radical (unpaired) electrons. The van der Waals surface area contributed by atoms with Crippen LogP contribution >= 0.6 is 15.9 Å². The van der Waals surface area contributed by atoms with Crippen molar-refractivity contribution in [3.05, 3.63) is 15.9 Å². The highest BCUT2D eigenvalue weighted by Gasteiger charge is 2.38. The summed E-state index contributed by atoms with van der Waals surface area (Å²) in [6.07, 6.45) is 5.69. The van der Waals surface area contributed by atoms with E-state index in [2.05, 4.69) is 26.1 Å². The number of nitrogens with one attached hydrogen (secondary N) is 1. The molecule has 114 valence electrons. The van der Waals surface area contributed by atoms with E-state index < -0.39 is 0 Å². The zero-order valence-corrected chi connectivity index (χ0v) is 13.6. The summed E-state index contributed by atoms with van der Waals surface area (Å²) in [5.74, 6) is 1.11. The first-order valence-corrected chi connectivity index (χ1v) is 8.66. The Labute approximate surface area is 132 Å². The number of amides is 1. The molecule has 1 amide bonds. The monoisotopic (exact) mass is 353 g/mol. The Morgan fingerprint density at radius 3 is 2.76 bits per heavy atom. The van der Waals surface area contributed by atoms with Crippen molar-refractivity contribution in [1.29, 1.82) is 0 Å². The van der Waals surface area contributed by atoms with E-state index >= 15 is 0 Å². The summed E-state index contributed by atoms with van der Waals surface area (Å²) in [4.78, 5) is 14.9. The number of halogens is 1. The van der Waals surface area contributed by atoms with E-state index in [-0.39, 0.29) is 5.91 Å². The number of nitrogens with zero attached hydrogens (tertiary/aromatic N) is 2. The Morgan fingerprint density at radius 1 is 1.33 bits per heavy atom. The largest absolute Gasteiger partial charge is 0.381 e. The lowest BCUT2D eigenvalue weighted by molar-refractivity contribution is 0.0699. The van der Waals surface area contributed by atoms with Crippen molar-refractivity contribution >= 4 is 21.8 Å². The van der Waals surface area contributed by atoms with Crippen LogP contribution < -0.4 is 0 Å². The SMILES string of the molecule is O=C(c1n[nH]c(C2CC2)c1Br)N(C[C@@H]1CCOC1)C1CC1. The van der Waals surface area contributed by atoms with Gasteiger partial charge in [0.15, 0.2) is 5.69 Å². The average molecular weight is 354 g/mol. The molecule has 2 heterocycles. The maximum atomic E-state index is 12.9. The van der Waals surface area contributed by atoms with Gasteiger partial charge in [-0.1, -0.05) is 0 Å². The van der Waals surface area contributed by atoms with Gasteiger partial charge in [-0.05, 0) is 48.0 Å². The molecule has 1 aromatic heterocycles. The van der Waals surface area contributed by atoms with Gasteiger partial charge in [0.25, 0.3) is 5.91 Å². The minimum Gasteiger partial charge on any atom is -0.381 e. The van der Waals surface area contributed by atoms with E-state index in [9.17, 15) is 4.79 Å². The fraction of sp³-hybridized carbons (Fsp3) is 0.733. The second-order valence-corrected chi connectivity index (χ2v) is 7.29. The van der Waals surface area contributed by atoms with Gasteiger partial charge in [-0.25, -0.2) is 0 Å². The van der Waals surface area contributed by atoms with Gasteiger partial charge in [0.05, 0.1) is 16.8 Å². The highest BCUT2D eigenvalue weighted by atomic mass is 79.9. The maximum Gasteiger partial charge on any atom is 0.275 e. The predicted octanol–water partition coefficient (Wildman–Crippen LogP) is 2.69. The van der Waals surface area contributed by atoms with Crippen molar-refractivity contribution in [2.24, 2.45) is 5.92 Å². The summed E-state index contributed by atoms with van der Waals surface area (Å²) in [6, 6.07) is 0.408.